The maximum Gasteiger partial charge on any atom is 0.143 e. The van der Waals surface area contributed by atoms with Gasteiger partial charge in [0.15, 0.2) is 0 Å². The number of thiophene rings is 1. The normalized spacial score (nSPS) is 16.4. The van der Waals surface area contributed by atoms with Gasteiger partial charge in [-0.15, -0.1) is 23.1 Å². The van der Waals surface area contributed by atoms with Gasteiger partial charge < -0.3 is 4.74 Å². The first kappa shape index (κ1) is 5.62. The zero-order valence-electron chi connectivity index (χ0n) is 4.79. The van der Waals surface area contributed by atoms with Gasteiger partial charge in [0.05, 0.1) is 11.5 Å². The van der Waals surface area contributed by atoms with Gasteiger partial charge in [-0.3, -0.25) is 0 Å². The van der Waals surface area contributed by atoms with E-state index in [0.717, 1.165) is 18.1 Å². The number of thioether (sulfide) groups is 1. The summed E-state index contributed by atoms with van der Waals surface area (Å²) < 4.78 is 5.35. The lowest BCUT2D eigenvalue weighted by Crippen LogP contribution is -2.04. The lowest BCUT2D eigenvalue weighted by Gasteiger charge is -2.11. The lowest BCUT2D eigenvalue weighted by molar-refractivity contribution is 0.332. The standard InChI is InChI=1S/C6H6OS2/c1-2-9-6-4-8-3-5(6)7-1/h3-4H,1-2H2. The minimum atomic E-state index is 0.869. The third-order valence-electron chi connectivity index (χ3n) is 1.19. The van der Waals surface area contributed by atoms with E-state index >= 15 is 0 Å². The number of rotatable bonds is 0. The van der Waals surface area contributed by atoms with E-state index in [2.05, 4.69) is 10.8 Å². The number of hydrogen-bond acceptors (Lipinski definition) is 3. The first-order chi connectivity index (χ1) is 4.47. The second-order valence-corrected chi connectivity index (χ2v) is 3.68. The van der Waals surface area contributed by atoms with Crippen LogP contribution in [-0.2, 0) is 0 Å². The van der Waals surface area contributed by atoms with Crippen molar-refractivity contribution in [2.24, 2.45) is 0 Å². The quantitative estimate of drug-likeness (QED) is 0.572. The van der Waals surface area contributed by atoms with E-state index in [1.807, 2.05) is 11.8 Å². The largest absolute Gasteiger partial charge is 0.491 e. The second-order valence-electron chi connectivity index (χ2n) is 1.80. The summed E-state index contributed by atoms with van der Waals surface area (Å²) in [7, 11) is 0. The molecule has 0 saturated carbocycles. The van der Waals surface area contributed by atoms with Crippen molar-refractivity contribution in [1.82, 2.24) is 0 Å². The topological polar surface area (TPSA) is 9.23 Å². The highest BCUT2D eigenvalue weighted by Crippen LogP contribution is 2.35. The predicted molar refractivity (Wildman–Crippen MR) is 40.5 cm³/mol. The molecule has 3 heteroatoms. The molecule has 0 fully saturated rings. The van der Waals surface area contributed by atoms with Gasteiger partial charge in [-0.25, -0.2) is 0 Å². The van der Waals surface area contributed by atoms with Gasteiger partial charge in [0.25, 0.3) is 0 Å². The molecular weight excluding hydrogens is 152 g/mol. The summed E-state index contributed by atoms with van der Waals surface area (Å²) in [5.74, 6) is 2.18. The monoisotopic (exact) mass is 158 g/mol. The Morgan fingerprint density at radius 3 is 3.33 bits per heavy atom. The van der Waals surface area contributed by atoms with Gasteiger partial charge in [-0.1, -0.05) is 0 Å². The van der Waals surface area contributed by atoms with Gasteiger partial charge in [0.1, 0.15) is 5.75 Å². The molecule has 2 rings (SSSR count). The van der Waals surface area contributed by atoms with E-state index in [1.54, 1.807) is 11.3 Å². The first-order valence-corrected chi connectivity index (χ1v) is 4.71. The predicted octanol–water partition coefficient (Wildman–Crippen LogP) is 2.23. The van der Waals surface area contributed by atoms with Crippen LogP contribution in [0.2, 0.25) is 0 Å². The summed E-state index contributed by atoms with van der Waals surface area (Å²) in [4.78, 5) is 1.31. The van der Waals surface area contributed by atoms with Crippen LogP contribution in [-0.4, -0.2) is 12.4 Å². The van der Waals surface area contributed by atoms with Gasteiger partial charge in [-0.2, -0.15) is 0 Å². The van der Waals surface area contributed by atoms with Gasteiger partial charge in [-0.05, 0) is 0 Å². The fourth-order valence-corrected chi connectivity index (χ4v) is 2.57. The van der Waals surface area contributed by atoms with E-state index in [4.69, 9.17) is 4.74 Å². The molecule has 48 valence electrons. The Morgan fingerprint density at radius 1 is 1.44 bits per heavy atom. The molecule has 0 N–H and O–H groups in total. The van der Waals surface area contributed by atoms with E-state index in [9.17, 15) is 0 Å². The van der Waals surface area contributed by atoms with Crippen molar-refractivity contribution < 1.29 is 4.74 Å². The second kappa shape index (κ2) is 2.23. The average Bonchev–Trinajstić information content (AvgIpc) is 2.33. The smallest absolute Gasteiger partial charge is 0.143 e. The van der Waals surface area contributed by atoms with Crippen molar-refractivity contribution >= 4 is 23.1 Å². The van der Waals surface area contributed by atoms with Crippen molar-refractivity contribution in [2.45, 2.75) is 4.90 Å². The molecule has 0 saturated heterocycles. The number of fused-ring (bicyclic) bond motifs is 1. The summed E-state index contributed by atoms with van der Waals surface area (Å²) in [5.41, 5.74) is 0. The van der Waals surface area contributed by atoms with Crippen LogP contribution < -0.4 is 4.74 Å². The summed E-state index contributed by atoms with van der Waals surface area (Å²) in [6.07, 6.45) is 0. The Balaban J connectivity index is 2.39. The maximum atomic E-state index is 5.35. The van der Waals surface area contributed by atoms with Crippen LogP contribution >= 0.6 is 23.1 Å². The van der Waals surface area contributed by atoms with Crippen LogP contribution in [0.4, 0.5) is 0 Å². The molecule has 2 heterocycles. The van der Waals surface area contributed by atoms with Gasteiger partial charge in [0.2, 0.25) is 0 Å². The minimum Gasteiger partial charge on any atom is -0.491 e. The van der Waals surface area contributed by atoms with Crippen LogP contribution in [0.25, 0.3) is 0 Å². The highest BCUT2D eigenvalue weighted by atomic mass is 32.2. The molecule has 1 nitrogen and oxygen atoms in total. The third-order valence-corrected chi connectivity index (χ3v) is 3.06. The van der Waals surface area contributed by atoms with Crippen LogP contribution in [0.5, 0.6) is 5.75 Å². The maximum absolute atomic E-state index is 5.35. The Kier molecular flexibility index (Phi) is 1.39. The molecule has 1 aliphatic heterocycles. The Hall–Kier alpha value is -0.150. The SMILES string of the molecule is c1scc2c1OCCS2. The molecule has 0 spiro atoms. The molecule has 0 atom stereocenters. The molecule has 0 bridgehead atoms. The summed E-state index contributed by atoms with van der Waals surface area (Å²) in [6, 6.07) is 0. The molecular formula is C6H6OS2. The molecule has 0 radical (unpaired) electrons. The van der Waals surface area contributed by atoms with E-state index in [0.29, 0.717) is 0 Å². The summed E-state index contributed by atoms with van der Waals surface area (Å²) in [6.45, 7) is 0.869. The van der Waals surface area contributed by atoms with Crippen molar-refractivity contribution in [3.63, 3.8) is 0 Å². The molecule has 0 unspecified atom stereocenters. The van der Waals surface area contributed by atoms with Crippen molar-refractivity contribution in [2.75, 3.05) is 12.4 Å². The van der Waals surface area contributed by atoms with E-state index in [-0.39, 0.29) is 0 Å². The van der Waals surface area contributed by atoms with Crippen LogP contribution in [0.15, 0.2) is 15.7 Å². The highest BCUT2D eigenvalue weighted by Gasteiger charge is 2.09. The van der Waals surface area contributed by atoms with Crippen LogP contribution in [0.3, 0.4) is 0 Å². The summed E-state index contributed by atoms with van der Waals surface area (Å²) in [5, 5.41) is 4.20. The van der Waals surface area contributed by atoms with Crippen molar-refractivity contribution in [3.05, 3.63) is 10.8 Å². The Labute approximate surface area is 62.0 Å². The Morgan fingerprint density at radius 2 is 2.44 bits per heavy atom. The molecule has 0 aromatic carbocycles. The van der Waals surface area contributed by atoms with Gasteiger partial charge >= 0.3 is 0 Å². The van der Waals surface area contributed by atoms with Crippen molar-refractivity contribution in [1.29, 1.82) is 0 Å². The van der Waals surface area contributed by atoms with Crippen LogP contribution in [0.1, 0.15) is 0 Å². The fourth-order valence-electron chi connectivity index (χ4n) is 0.787. The van der Waals surface area contributed by atoms with Crippen LogP contribution in [0, 0.1) is 0 Å². The lowest BCUT2D eigenvalue weighted by atomic mass is 10.6. The number of ether oxygens (including phenoxy) is 1. The molecule has 1 aliphatic rings. The fraction of sp³-hybridized carbons (Fsp3) is 0.333. The molecule has 0 amide bonds. The zero-order valence-corrected chi connectivity index (χ0v) is 6.43. The average molecular weight is 158 g/mol. The molecule has 1 aromatic rings. The first-order valence-electron chi connectivity index (χ1n) is 2.78. The summed E-state index contributed by atoms with van der Waals surface area (Å²) >= 11 is 3.59. The Bertz CT molecular complexity index is 186. The third kappa shape index (κ3) is 0.946. The van der Waals surface area contributed by atoms with E-state index < -0.39 is 0 Å². The minimum absolute atomic E-state index is 0.869. The zero-order chi connectivity index (χ0) is 6.10. The highest BCUT2D eigenvalue weighted by molar-refractivity contribution is 7.99. The molecule has 1 aromatic heterocycles. The molecule has 0 aliphatic carbocycles. The van der Waals surface area contributed by atoms with E-state index in [1.165, 1.54) is 4.90 Å². The molecule has 9 heavy (non-hydrogen) atoms. The number of hydrogen-bond donors (Lipinski definition) is 0. The van der Waals surface area contributed by atoms with Gasteiger partial charge in [0, 0.05) is 16.5 Å². The van der Waals surface area contributed by atoms with Crippen molar-refractivity contribution in [3.8, 4) is 5.75 Å².